The number of anilines is 1. The van der Waals surface area contributed by atoms with Crippen molar-refractivity contribution >= 4 is 11.7 Å². The summed E-state index contributed by atoms with van der Waals surface area (Å²) in [5.41, 5.74) is 1.65. The van der Waals surface area contributed by atoms with Crippen LogP contribution in [-0.4, -0.2) is 48.1 Å². The number of hydrogen-bond acceptors (Lipinski definition) is 4. The van der Waals surface area contributed by atoms with Crippen LogP contribution in [0, 0.1) is 0 Å². The van der Waals surface area contributed by atoms with Gasteiger partial charge in [-0.05, 0) is 32.4 Å². The Kier molecular flexibility index (Phi) is 4.95. The first-order chi connectivity index (χ1) is 9.65. The van der Waals surface area contributed by atoms with Gasteiger partial charge in [-0.25, -0.2) is 4.98 Å². The van der Waals surface area contributed by atoms with E-state index in [2.05, 4.69) is 10.3 Å². The lowest BCUT2D eigenvalue weighted by Gasteiger charge is -2.33. The maximum absolute atomic E-state index is 12.6. The molecule has 0 aromatic carbocycles. The van der Waals surface area contributed by atoms with Crippen LogP contribution in [0.1, 0.15) is 36.8 Å². The molecule has 2 heterocycles. The summed E-state index contributed by atoms with van der Waals surface area (Å²) in [6, 6.07) is 3.86. The van der Waals surface area contributed by atoms with Gasteiger partial charge in [-0.1, -0.05) is 6.92 Å². The number of nitrogens with zero attached hydrogens (tertiary/aromatic N) is 2. The minimum atomic E-state index is 0.0667. The van der Waals surface area contributed by atoms with Crippen molar-refractivity contribution in [2.75, 3.05) is 31.6 Å². The zero-order valence-corrected chi connectivity index (χ0v) is 12.5. The molecule has 0 aliphatic carbocycles. The van der Waals surface area contributed by atoms with E-state index in [9.17, 15) is 4.79 Å². The van der Waals surface area contributed by atoms with E-state index in [1.165, 1.54) is 0 Å². The third-order valence-electron chi connectivity index (χ3n) is 3.47. The smallest absolute Gasteiger partial charge is 0.254 e. The fourth-order valence-corrected chi connectivity index (χ4v) is 2.36. The van der Waals surface area contributed by atoms with Gasteiger partial charge < -0.3 is 15.0 Å². The largest absolute Gasteiger partial charge is 0.377 e. The molecule has 110 valence electrons. The Morgan fingerprint density at radius 2 is 2.30 bits per heavy atom. The predicted molar refractivity (Wildman–Crippen MR) is 79.1 cm³/mol. The van der Waals surface area contributed by atoms with Crippen LogP contribution in [0.5, 0.6) is 0 Å². The van der Waals surface area contributed by atoms with Crippen molar-refractivity contribution in [3.63, 3.8) is 0 Å². The van der Waals surface area contributed by atoms with E-state index in [-0.39, 0.29) is 11.9 Å². The van der Waals surface area contributed by atoms with Gasteiger partial charge in [0, 0.05) is 24.3 Å². The first-order valence-corrected chi connectivity index (χ1v) is 7.29. The van der Waals surface area contributed by atoms with Crippen molar-refractivity contribution in [3.05, 3.63) is 23.4 Å². The Labute approximate surface area is 120 Å². The number of morpholine rings is 1. The number of pyridine rings is 1. The van der Waals surface area contributed by atoms with E-state index in [4.69, 9.17) is 4.74 Å². The monoisotopic (exact) mass is 277 g/mol. The van der Waals surface area contributed by atoms with Crippen molar-refractivity contribution < 1.29 is 9.53 Å². The van der Waals surface area contributed by atoms with Gasteiger partial charge in [0.15, 0.2) is 0 Å². The van der Waals surface area contributed by atoms with E-state index in [0.29, 0.717) is 25.3 Å². The molecule has 0 spiro atoms. The van der Waals surface area contributed by atoms with Crippen LogP contribution in [0.25, 0.3) is 0 Å². The number of nitrogens with one attached hydrogen (secondary N) is 1. The molecule has 5 heteroatoms. The summed E-state index contributed by atoms with van der Waals surface area (Å²) in [7, 11) is 0. The third-order valence-corrected chi connectivity index (χ3v) is 3.47. The Balaban J connectivity index is 2.25. The highest BCUT2D eigenvalue weighted by molar-refractivity contribution is 5.95. The molecule has 1 amide bonds. The molecule has 1 N–H and O–H groups in total. The average molecular weight is 277 g/mol. The van der Waals surface area contributed by atoms with E-state index in [1.54, 1.807) is 0 Å². The highest BCUT2D eigenvalue weighted by Gasteiger charge is 2.25. The van der Waals surface area contributed by atoms with Gasteiger partial charge in [0.1, 0.15) is 5.82 Å². The first-order valence-electron chi connectivity index (χ1n) is 7.29. The third kappa shape index (κ3) is 3.28. The van der Waals surface area contributed by atoms with Crippen LogP contribution in [0.3, 0.4) is 0 Å². The van der Waals surface area contributed by atoms with Gasteiger partial charge in [-0.15, -0.1) is 0 Å². The van der Waals surface area contributed by atoms with Gasteiger partial charge in [0.05, 0.1) is 19.3 Å². The molecule has 2 rings (SSSR count). The summed E-state index contributed by atoms with van der Waals surface area (Å²) in [5.74, 6) is 0.841. The number of carbonyl (C=O) groups is 1. The topological polar surface area (TPSA) is 54.5 Å². The number of aromatic nitrogens is 1. The second-order valence-electron chi connectivity index (χ2n) is 5.04. The van der Waals surface area contributed by atoms with Crippen molar-refractivity contribution in [2.24, 2.45) is 0 Å². The molecule has 0 saturated carbocycles. The summed E-state index contributed by atoms with van der Waals surface area (Å²) in [4.78, 5) is 19.0. The number of hydrogen-bond donors (Lipinski definition) is 1. The molecule has 0 bridgehead atoms. The Morgan fingerprint density at radius 3 is 2.95 bits per heavy atom. The van der Waals surface area contributed by atoms with Crippen LogP contribution >= 0.6 is 0 Å². The molecule has 5 nitrogen and oxygen atoms in total. The van der Waals surface area contributed by atoms with Crippen LogP contribution in [-0.2, 0) is 11.2 Å². The molecule has 1 aliphatic heterocycles. The quantitative estimate of drug-likeness (QED) is 0.914. The minimum Gasteiger partial charge on any atom is -0.377 e. The van der Waals surface area contributed by atoms with Crippen LogP contribution in [0.2, 0.25) is 0 Å². The zero-order valence-electron chi connectivity index (χ0n) is 12.5. The van der Waals surface area contributed by atoms with Gasteiger partial charge in [0.25, 0.3) is 5.91 Å². The van der Waals surface area contributed by atoms with E-state index < -0.39 is 0 Å². The molecule has 1 aromatic rings. The SMILES string of the molecule is CCNc1cc(C(=O)N2CCOCC2C)cc(CC)n1. The van der Waals surface area contributed by atoms with Crippen molar-refractivity contribution in [2.45, 2.75) is 33.2 Å². The normalized spacial score (nSPS) is 18.9. The molecule has 1 aromatic heterocycles. The Morgan fingerprint density at radius 1 is 1.50 bits per heavy atom. The number of amides is 1. The summed E-state index contributed by atoms with van der Waals surface area (Å²) in [6.45, 7) is 8.75. The van der Waals surface area contributed by atoms with Crippen molar-refractivity contribution in [3.8, 4) is 0 Å². The standard InChI is InChI=1S/C15H23N3O2/c1-4-13-8-12(9-14(17-13)16-5-2)15(19)18-6-7-20-10-11(18)3/h8-9,11H,4-7,10H2,1-3H3,(H,16,17). The summed E-state index contributed by atoms with van der Waals surface area (Å²) in [6.07, 6.45) is 0.818. The zero-order chi connectivity index (χ0) is 14.5. The maximum atomic E-state index is 12.6. The maximum Gasteiger partial charge on any atom is 0.254 e. The number of aryl methyl sites for hydroxylation is 1. The molecule has 1 aliphatic rings. The first kappa shape index (κ1) is 14.8. The van der Waals surface area contributed by atoms with Crippen molar-refractivity contribution in [1.29, 1.82) is 0 Å². The molecule has 1 saturated heterocycles. The molecule has 1 fully saturated rings. The lowest BCUT2D eigenvalue weighted by molar-refractivity contribution is 0.00358. The molecule has 1 unspecified atom stereocenters. The van der Waals surface area contributed by atoms with Crippen LogP contribution in [0.4, 0.5) is 5.82 Å². The molecule has 1 atom stereocenters. The van der Waals surface area contributed by atoms with E-state index >= 15 is 0 Å². The number of rotatable bonds is 4. The molecule has 20 heavy (non-hydrogen) atoms. The van der Waals surface area contributed by atoms with Gasteiger partial charge in [0.2, 0.25) is 0 Å². The highest BCUT2D eigenvalue weighted by Crippen LogP contribution is 2.16. The minimum absolute atomic E-state index is 0.0667. The van der Waals surface area contributed by atoms with E-state index in [0.717, 1.165) is 24.5 Å². The van der Waals surface area contributed by atoms with Gasteiger partial charge >= 0.3 is 0 Å². The second-order valence-corrected chi connectivity index (χ2v) is 5.04. The van der Waals surface area contributed by atoms with Gasteiger partial charge in [-0.3, -0.25) is 4.79 Å². The summed E-state index contributed by atoms with van der Waals surface area (Å²) < 4.78 is 5.39. The summed E-state index contributed by atoms with van der Waals surface area (Å²) in [5, 5.41) is 3.19. The lowest BCUT2D eigenvalue weighted by Crippen LogP contribution is -2.47. The second kappa shape index (κ2) is 6.70. The van der Waals surface area contributed by atoms with E-state index in [1.807, 2.05) is 37.8 Å². The number of ether oxygens (including phenoxy) is 1. The molecular formula is C15H23N3O2. The Hall–Kier alpha value is -1.62. The fraction of sp³-hybridized carbons (Fsp3) is 0.600. The summed E-state index contributed by atoms with van der Waals surface area (Å²) >= 11 is 0. The number of carbonyl (C=O) groups excluding carboxylic acids is 1. The highest BCUT2D eigenvalue weighted by atomic mass is 16.5. The van der Waals surface area contributed by atoms with Gasteiger partial charge in [-0.2, -0.15) is 0 Å². The molecular weight excluding hydrogens is 254 g/mol. The fourth-order valence-electron chi connectivity index (χ4n) is 2.36. The Bertz CT molecular complexity index is 476. The van der Waals surface area contributed by atoms with Crippen molar-refractivity contribution in [1.82, 2.24) is 9.88 Å². The predicted octanol–water partition coefficient (Wildman–Crippen LogP) is 1.94. The lowest BCUT2D eigenvalue weighted by atomic mass is 10.1. The van der Waals surface area contributed by atoms with Crippen LogP contribution < -0.4 is 5.32 Å². The molecule has 0 radical (unpaired) electrons. The average Bonchev–Trinajstić information content (AvgIpc) is 2.47. The van der Waals surface area contributed by atoms with Crippen LogP contribution in [0.15, 0.2) is 12.1 Å².